The van der Waals surface area contributed by atoms with E-state index in [0.29, 0.717) is 17.9 Å². The van der Waals surface area contributed by atoms with Crippen molar-refractivity contribution in [2.24, 2.45) is 0 Å². The number of hydrogen-bond donors (Lipinski definition) is 1. The summed E-state index contributed by atoms with van der Waals surface area (Å²) >= 11 is 0. The largest absolute Gasteiger partial charge is 0.467 e. The second-order valence-corrected chi connectivity index (χ2v) is 5.08. The van der Waals surface area contributed by atoms with E-state index in [1.54, 1.807) is 14.2 Å². The standard InChI is InChI=1S/C15H19N5O/c1-10-6-7-12-11(9-10)5-4-8-20(12)14-17-13(16-2)18-15(19-14)21-3/h6-7,9H,4-5,8H2,1-3H3,(H,16,17,18,19). The van der Waals surface area contributed by atoms with Gasteiger partial charge in [-0.1, -0.05) is 17.7 Å². The van der Waals surface area contributed by atoms with Crippen LogP contribution in [-0.2, 0) is 6.42 Å². The molecular weight excluding hydrogens is 266 g/mol. The number of aryl methyl sites for hydroxylation is 2. The molecule has 0 fully saturated rings. The molecule has 0 saturated carbocycles. The molecule has 0 saturated heterocycles. The van der Waals surface area contributed by atoms with E-state index >= 15 is 0 Å². The van der Waals surface area contributed by atoms with Crippen LogP contribution in [0.5, 0.6) is 6.01 Å². The van der Waals surface area contributed by atoms with E-state index in [9.17, 15) is 0 Å². The molecule has 2 heterocycles. The van der Waals surface area contributed by atoms with Gasteiger partial charge in [-0.25, -0.2) is 0 Å². The highest BCUT2D eigenvalue weighted by Crippen LogP contribution is 2.32. The third kappa shape index (κ3) is 2.61. The van der Waals surface area contributed by atoms with Crippen LogP contribution < -0.4 is 15.0 Å². The van der Waals surface area contributed by atoms with Gasteiger partial charge in [0.1, 0.15) is 0 Å². The lowest BCUT2D eigenvalue weighted by Gasteiger charge is -2.29. The molecule has 110 valence electrons. The number of methoxy groups -OCH3 is 1. The third-order valence-electron chi connectivity index (χ3n) is 3.60. The van der Waals surface area contributed by atoms with Crippen LogP contribution in [0.25, 0.3) is 0 Å². The fraction of sp³-hybridized carbons (Fsp3) is 0.400. The molecule has 1 aromatic carbocycles. The second kappa shape index (κ2) is 5.55. The van der Waals surface area contributed by atoms with Crippen LogP contribution in [0.2, 0.25) is 0 Å². The molecule has 1 aliphatic heterocycles. The minimum atomic E-state index is 0.323. The zero-order chi connectivity index (χ0) is 14.8. The Hall–Kier alpha value is -2.37. The van der Waals surface area contributed by atoms with E-state index in [0.717, 1.165) is 19.4 Å². The summed E-state index contributed by atoms with van der Waals surface area (Å²) in [7, 11) is 3.35. The van der Waals surface area contributed by atoms with Gasteiger partial charge in [0.05, 0.1) is 7.11 Å². The zero-order valence-electron chi connectivity index (χ0n) is 12.6. The summed E-state index contributed by atoms with van der Waals surface area (Å²) in [4.78, 5) is 15.1. The van der Waals surface area contributed by atoms with Crippen molar-refractivity contribution in [1.82, 2.24) is 15.0 Å². The Morgan fingerprint density at radius 2 is 2.10 bits per heavy atom. The number of aromatic nitrogens is 3. The van der Waals surface area contributed by atoms with Crippen LogP contribution in [0.15, 0.2) is 18.2 Å². The summed E-state index contributed by atoms with van der Waals surface area (Å²) in [5, 5.41) is 2.95. The molecule has 6 heteroatoms. The Morgan fingerprint density at radius 3 is 2.86 bits per heavy atom. The molecular formula is C15H19N5O. The Kier molecular flexibility index (Phi) is 3.60. The number of nitrogens with one attached hydrogen (secondary N) is 1. The fourth-order valence-corrected chi connectivity index (χ4v) is 2.60. The van der Waals surface area contributed by atoms with E-state index in [4.69, 9.17) is 4.74 Å². The third-order valence-corrected chi connectivity index (χ3v) is 3.60. The Bertz CT molecular complexity index is 636. The van der Waals surface area contributed by atoms with Crippen LogP contribution in [0.4, 0.5) is 17.6 Å². The van der Waals surface area contributed by atoms with Gasteiger partial charge < -0.3 is 15.0 Å². The van der Waals surface area contributed by atoms with Gasteiger partial charge in [0, 0.05) is 19.3 Å². The van der Waals surface area contributed by atoms with Crippen molar-refractivity contribution in [1.29, 1.82) is 0 Å². The summed E-state index contributed by atoms with van der Waals surface area (Å²) in [6.45, 7) is 3.01. The van der Waals surface area contributed by atoms with Crippen LogP contribution in [0, 0.1) is 6.92 Å². The first kappa shape index (κ1) is 13.6. The fourth-order valence-electron chi connectivity index (χ4n) is 2.60. The maximum absolute atomic E-state index is 5.17. The SMILES string of the molecule is CNc1nc(OC)nc(N2CCCc3cc(C)ccc32)n1. The monoisotopic (exact) mass is 285 g/mol. The van der Waals surface area contributed by atoms with E-state index in [1.165, 1.54) is 16.8 Å². The lowest BCUT2D eigenvalue weighted by molar-refractivity contribution is 0.379. The number of nitrogens with zero attached hydrogens (tertiary/aromatic N) is 4. The molecule has 0 aliphatic carbocycles. The first-order chi connectivity index (χ1) is 10.2. The molecule has 2 aromatic rings. The summed E-state index contributed by atoms with van der Waals surface area (Å²) in [5.74, 6) is 1.13. The summed E-state index contributed by atoms with van der Waals surface area (Å²) in [6.07, 6.45) is 2.17. The molecule has 0 unspecified atom stereocenters. The van der Waals surface area contributed by atoms with Gasteiger partial charge in [-0.05, 0) is 31.4 Å². The normalized spacial score (nSPS) is 13.8. The van der Waals surface area contributed by atoms with Gasteiger partial charge in [0.2, 0.25) is 11.9 Å². The smallest absolute Gasteiger partial charge is 0.322 e. The maximum atomic E-state index is 5.17. The quantitative estimate of drug-likeness (QED) is 0.933. The molecule has 21 heavy (non-hydrogen) atoms. The molecule has 0 radical (unpaired) electrons. The molecule has 0 atom stereocenters. The van der Waals surface area contributed by atoms with Gasteiger partial charge in [-0.3, -0.25) is 0 Å². The minimum Gasteiger partial charge on any atom is -0.467 e. The molecule has 0 bridgehead atoms. The number of ether oxygens (including phenoxy) is 1. The van der Waals surface area contributed by atoms with E-state index in [-0.39, 0.29) is 0 Å². The first-order valence-corrected chi connectivity index (χ1v) is 7.06. The first-order valence-electron chi connectivity index (χ1n) is 7.06. The molecule has 0 spiro atoms. The van der Waals surface area contributed by atoms with Gasteiger partial charge in [-0.15, -0.1) is 0 Å². The minimum absolute atomic E-state index is 0.323. The number of fused-ring (bicyclic) bond motifs is 1. The van der Waals surface area contributed by atoms with Gasteiger partial charge in [0.15, 0.2) is 0 Å². The predicted octanol–water partition coefficient (Wildman–Crippen LogP) is 2.31. The van der Waals surface area contributed by atoms with Crippen molar-refractivity contribution in [3.8, 4) is 6.01 Å². The van der Waals surface area contributed by atoms with Gasteiger partial charge >= 0.3 is 6.01 Å². The topological polar surface area (TPSA) is 63.2 Å². The highest BCUT2D eigenvalue weighted by atomic mass is 16.5. The van der Waals surface area contributed by atoms with Crippen molar-refractivity contribution < 1.29 is 4.74 Å². The van der Waals surface area contributed by atoms with Crippen LogP contribution in [0.1, 0.15) is 17.5 Å². The second-order valence-electron chi connectivity index (χ2n) is 5.08. The Labute approximate surface area is 124 Å². The highest BCUT2D eigenvalue weighted by Gasteiger charge is 2.21. The Balaban J connectivity index is 2.06. The number of benzene rings is 1. The lowest BCUT2D eigenvalue weighted by Crippen LogP contribution is -2.27. The van der Waals surface area contributed by atoms with Crippen LogP contribution in [0.3, 0.4) is 0 Å². The van der Waals surface area contributed by atoms with E-state index in [1.807, 2.05) is 0 Å². The van der Waals surface area contributed by atoms with Crippen LogP contribution in [-0.4, -0.2) is 35.7 Å². The van der Waals surface area contributed by atoms with Gasteiger partial charge in [0.25, 0.3) is 0 Å². The van der Waals surface area contributed by atoms with Crippen molar-refractivity contribution in [3.63, 3.8) is 0 Å². The van der Waals surface area contributed by atoms with E-state index < -0.39 is 0 Å². The summed E-state index contributed by atoms with van der Waals surface area (Å²) < 4.78 is 5.17. The molecule has 0 amide bonds. The summed E-state index contributed by atoms with van der Waals surface area (Å²) in [5.41, 5.74) is 3.79. The van der Waals surface area contributed by atoms with E-state index in [2.05, 4.69) is 50.3 Å². The van der Waals surface area contributed by atoms with Gasteiger partial charge in [-0.2, -0.15) is 15.0 Å². The average Bonchev–Trinajstić information content (AvgIpc) is 2.53. The molecule has 6 nitrogen and oxygen atoms in total. The van der Waals surface area contributed by atoms with Crippen LogP contribution >= 0.6 is 0 Å². The molecule has 1 N–H and O–H groups in total. The van der Waals surface area contributed by atoms with Crippen molar-refractivity contribution in [3.05, 3.63) is 29.3 Å². The average molecular weight is 285 g/mol. The van der Waals surface area contributed by atoms with Crippen molar-refractivity contribution in [2.75, 3.05) is 30.9 Å². The molecule has 1 aliphatic rings. The van der Waals surface area contributed by atoms with Crippen molar-refractivity contribution >= 4 is 17.6 Å². The number of anilines is 3. The number of rotatable bonds is 3. The lowest BCUT2D eigenvalue weighted by atomic mass is 10.00. The Morgan fingerprint density at radius 1 is 1.24 bits per heavy atom. The highest BCUT2D eigenvalue weighted by molar-refractivity contribution is 5.64. The van der Waals surface area contributed by atoms with Crippen molar-refractivity contribution in [2.45, 2.75) is 19.8 Å². The predicted molar refractivity (Wildman–Crippen MR) is 82.4 cm³/mol. The molecule has 1 aromatic heterocycles. The molecule has 3 rings (SSSR count). The number of hydrogen-bond acceptors (Lipinski definition) is 6. The maximum Gasteiger partial charge on any atom is 0.322 e. The zero-order valence-corrected chi connectivity index (χ0v) is 12.6. The summed E-state index contributed by atoms with van der Waals surface area (Å²) in [6, 6.07) is 6.82.